The summed E-state index contributed by atoms with van der Waals surface area (Å²) in [4.78, 5) is 19.8. The van der Waals surface area contributed by atoms with Crippen molar-refractivity contribution in [1.29, 1.82) is 0 Å². The summed E-state index contributed by atoms with van der Waals surface area (Å²) in [5, 5.41) is 12.2. The highest BCUT2D eigenvalue weighted by Gasteiger charge is 2.30. The number of H-pyrrole nitrogens is 1. The van der Waals surface area contributed by atoms with Crippen LogP contribution < -0.4 is 5.32 Å². The number of carbonyl (C=O) groups is 1. The van der Waals surface area contributed by atoms with Gasteiger partial charge in [-0.3, -0.25) is 4.79 Å². The van der Waals surface area contributed by atoms with Crippen molar-refractivity contribution in [2.75, 3.05) is 13.2 Å². The Bertz CT molecular complexity index is 503. The molecule has 2 heterocycles. The number of fused-ring (bicyclic) bond motifs is 1. The van der Waals surface area contributed by atoms with Crippen LogP contribution in [0.5, 0.6) is 0 Å². The molecule has 1 amide bonds. The number of aliphatic hydroxyl groups excluding tert-OH is 1. The second-order valence-corrected chi connectivity index (χ2v) is 7.36. The van der Waals surface area contributed by atoms with E-state index in [2.05, 4.69) is 29.1 Å². The summed E-state index contributed by atoms with van der Waals surface area (Å²) >= 11 is 0. The summed E-state index contributed by atoms with van der Waals surface area (Å²) in [5.74, 6) is 0.749. The van der Waals surface area contributed by atoms with Crippen molar-refractivity contribution in [3.05, 3.63) is 17.2 Å². The minimum Gasteiger partial charge on any atom is -0.396 e. The van der Waals surface area contributed by atoms with Gasteiger partial charge in [-0.1, -0.05) is 27.7 Å². The van der Waals surface area contributed by atoms with Crippen molar-refractivity contribution in [2.24, 2.45) is 10.8 Å². The fourth-order valence-corrected chi connectivity index (χ4v) is 2.38. The third-order valence-electron chi connectivity index (χ3n) is 3.89. The first kappa shape index (κ1) is 15.0. The maximum atomic E-state index is 12.0. The second-order valence-electron chi connectivity index (χ2n) is 7.36. The van der Waals surface area contributed by atoms with Gasteiger partial charge >= 0.3 is 0 Å². The van der Waals surface area contributed by atoms with Gasteiger partial charge in [0.25, 0.3) is 5.91 Å². The van der Waals surface area contributed by atoms with Gasteiger partial charge in [0, 0.05) is 25.3 Å². The van der Waals surface area contributed by atoms with E-state index in [0.717, 1.165) is 30.8 Å². The van der Waals surface area contributed by atoms with Gasteiger partial charge in [-0.25, -0.2) is 4.98 Å². The van der Waals surface area contributed by atoms with Gasteiger partial charge in [0.05, 0.1) is 0 Å². The number of carbonyl (C=O) groups excluding carboxylic acids is 1. The quantitative estimate of drug-likeness (QED) is 0.784. The lowest BCUT2D eigenvalue weighted by Crippen LogP contribution is -2.32. The molecule has 5 heteroatoms. The number of nitrogens with one attached hydrogen (secondary N) is 2. The van der Waals surface area contributed by atoms with Crippen molar-refractivity contribution in [2.45, 2.75) is 47.0 Å². The van der Waals surface area contributed by atoms with Crippen molar-refractivity contribution in [3.8, 4) is 0 Å². The highest BCUT2D eigenvalue weighted by Crippen LogP contribution is 2.26. The lowest BCUT2D eigenvalue weighted by molar-refractivity contribution is 0.0940. The predicted octanol–water partition coefficient (Wildman–Crippen LogP) is 1.67. The highest BCUT2D eigenvalue weighted by molar-refractivity contribution is 5.93. The molecule has 0 spiro atoms. The van der Waals surface area contributed by atoms with Crippen molar-refractivity contribution < 1.29 is 9.90 Å². The standard InChI is InChI=1S/C15H25N3O2/c1-14(2,9-19)6-5-11-17-10-7-15(3,4)8-16-13(20)12(10)18-11/h19H,5-9H2,1-4H3,(H,16,20)(H,17,18). The summed E-state index contributed by atoms with van der Waals surface area (Å²) in [7, 11) is 0. The molecule has 1 aliphatic rings. The molecular weight excluding hydrogens is 254 g/mol. The van der Waals surface area contributed by atoms with E-state index in [1.807, 2.05) is 13.8 Å². The molecule has 0 aromatic carbocycles. The molecule has 5 nitrogen and oxygen atoms in total. The first-order valence-electron chi connectivity index (χ1n) is 7.19. The average molecular weight is 279 g/mol. The molecule has 1 aromatic rings. The summed E-state index contributed by atoms with van der Waals surface area (Å²) < 4.78 is 0. The minimum atomic E-state index is -0.119. The van der Waals surface area contributed by atoms with Crippen molar-refractivity contribution in [1.82, 2.24) is 15.3 Å². The maximum absolute atomic E-state index is 12.0. The summed E-state index contributed by atoms with van der Waals surface area (Å²) in [6.45, 7) is 9.15. The Morgan fingerprint density at radius 3 is 2.75 bits per heavy atom. The second kappa shape index (κ2) is 5.20. The number of aryl methyl sites for hydroxylation is 1. The Hall–Kier alpha value is -1.36. The van der Waals surface area contributed by atoms with E-state index in [0.29, 0.717) is 12.2 Å². The van der Waals surface area contributed by atoms with Crippen LogP contribution in [0.2, 0.25) is 0 Å². The monoisotopic (exact) mass is 279 g/mol. The smallest absolute Gasteiger partial charge is 0.271 e. The van der Waals surface area contributed by atoms with E-state index < -0.39 is 0 Å². The number of amides is 1. The number of imidazole rings is 1. The molecule has 0 unspecified atom stereocenters. The van der Waals surface area contributed by atoms with E-state index in [1.165, 1.54) is 0 Å². The van der Waals surface area contributed by atoms with Crippen LogP contribution >= 0.6 is 0 Å². The van der Waals surface area contributed by atoms with Gasteiger partial charge in [-0.15, -0.1) is 0 Å². The summed E-state index contributed by atoms with van der Waals surface area (Å²) in [6.07, 6.45) is 2.40. The third kappa shape index (κ3) is 3.39. The lowest BCUT2D eigenvalue weighted by Gasteiger charge is -2.21. The van der Waals surface area contributed by atoms with Gasteiger partial charge in [0.1, 0.15) is 11.5 Å². The molecule has 1 aliphatic heterocycles. The van der Waals surface area contributed by atoms with Gasteiger partial charge in [-0.05, 0) is 23.7 Å². The Kier molecular flexibility index (Phi) is 3.91. The molecule has 3 N–H and O–H groups in total. The lowest BCUT2D eigenvalue weighted by atomic mass is 9.88. The summed E-state index contributed by atoms with van der Waals surface area (Å²) in [5.41, 5.74) is 1.38. The van der Waals surface area contributed by atoms with Crippen LogP contribution in [0, 0.1) is 10.8 Å². The van der Waals surface area contributed by atoms with Crippen LogP contribution in [-0.2, 0) is 12.8 Å². The molecule has 0 aliphatic carbocycles. The van der Waals surface area contributed by atoms with Crippen molar-refractivity contribution >= 4 is 5.91 Å². The highest BCUT2D eigenvalue weighted by atomic mass is 16.3. The maximum Gasteiger partial charge on any atom is 0.271 e. The van der Waals surface area contributed by atoms with Crippen LogP contribution in [-0.4, -0.2) is 34.1 Å². The first-order valence-corrected chi connectivity index (χ1v) is 7.19. The zero-order valence-electron chi connectivity index (χ0n) is 12.8. The van der Waals surface area contributed by atoms with E-state index in [4.69, 9.17) is 0 Å². The third-order valence-corrected chi connectivity index (χ3v) is 3.89. The molecule has 112 valence electrons. The van der Waals surface area contributed by atoms with Crippen LogP contribution in [0.25, 0.3) is 0 Å². The largest absolute Gasteiger partial charge is 0.396 e. The molecule has 1 aromatic heterocycles. The zero-order chi connectivity index (χ0) is 15.0. The predicted molar refractivity (Wildman–Crippen MR) is 77.6 cm³/mol. The fourth-order valence-electron chi connectivity index (χ4n) is 2.38. The Balaban J connectivity index is 2.16. The Morgan fingerprint density at radius 2 is 2.10 bits per heavy atom. The molecule has 0 fully saturated rings. The van der Waals surface area contributed by atoms with Crippen LogP contribution in [0.4, 0.5) is 0 Å². The minimum absolute atomic E-state index is 0.0368. The molecule has 0 bridgehead atoms. The summed E-state index contributed by atoms with van der Waals surface area (Å²) in [6, 6.07) is 0. The number of hydrogen-bond donors (Lipinski definition) is 3. The van der Waals surface area contributed by atoms with E-state index >= 15 is 0 Å². The molecule has 0 atom stereocenters. The molecule has 0 saturated heterocycles. The number of rotatable bonds is 4. The van der Waals surface area contributed by atoms with Crippen LogP contribution in [0.3, 0.4) is 0 Å². The normalized spacial score (nSPS) is 18.4. The van der Waals surface area contributed by atoms with E-state index in [-0.39, 0.29) is 23.3 Å². The van der Waals surface area contributed by atoms with E-state index in [1.54, 1.807) is 0 Å². The molecule has 0 saturated carbocycles. The average Bonchev–Trinajstić information content (AvgIpc) is 2.72. The van der Waals surface area contributed by atoms with E-state index in [9.17, 15) is 9.90 Å². The zero-order valence-corrected chi connectivity index (χ0v) is 12.8. The van der Waals surface area contributed by atoms with Crippen LogP contribution in [0.15, 0.2) is 0 Å². The SMILES string of the molecule is CC(C)(CO)CCc1nc2c([nH]1)CC(C)(C)CNC2=O. The number of aliphatic hydroxyl groups is 1. The molecular formula is C15H25N3O2. The Labute approximate surface area is 120 Å². The Morgan fingerprint density at radius 1 is 1.40 bits per heavy atom. The van der Waals surface area contributed by atoms with Gasteiger partial charge in [0.2, 0.25) is 0 Å². The number of nitrogens with zero attached hydrogens (tertiary/aromatic N) is 1. The van der Waals surface area contributed by atoms with Crippen LogP contribution in [0.1, 0.15) is 56.1 Å². The number of aromatic amines is 1. The van der Waals surface area contributed by atoms with Gasteiger partial charge < -0.3 is 15.4 Å². The molecule has 2 rings (SSSR count). The first-order chi connectivity index (χ1) is 9.22. The van der Waals surface area contributed by atoms with Gasteiger partial charge in [-0.2, -0.15) is 0 Å². The number of hydrogen-bond acceptors (Lipinski definition) is 3. The van der Waals surface area contributed by atoms with Gasteiger partial charge in [0.15, 0.2) is 0 Å². The molecule has 0 radical (unpaired) electrons. The molecule has 20 heavy (non-hydrogen) atoms. The van der Waals surface area contributed by atoms with Crippen molar-refractivity contribution in [3.63, 3.8) is 0 Å². The number of aromatic nitrogens is 2. The fraction of sp³-hybridized carbons (Fsp3) is 0.733. The topological polar surface area (TPSA) is 78.0 Å².